The molecular weight excluding hydrogens is 252 g/mol. The van der Waals surface area contributed by atoms with Crippen LogP contribution in [0.2, 0.25) is 0 Å². The second-order valence-electron chi connectivity index (χ2n) is 3.64. The number of hydrogen-bond donors (Lipinski definition) is 2. The molecule has 9 heteroatoms. The molecule has 2 aromatic rings. The lowest BCUT2D eigenvalue weighted by molar-refractivity contribution is -0.385. The Morgan fingerprint density at radius 3 is 2.89 bits per heavy atom. The van der Waals surface area contributed by atoms with Gasteiger partial charge in [0.25, 0.3) is 17.4 Å². The Morgan fingerprint density at radius 2 is 2.32 bits per heavy atom. The molecule has 0 atom stereocenters. The number of anilines is 1. The number of nitro benzene ring substituents is 1. The third-order valence-corrected chi connectivity index (χ3v) is 2.47. The molecule has 1 heterocycles. The quantitative estimate of drug-likeness (QED) is 0.623. The molecule has 0 radical (unpaired) electrons. The number of carbonyl (C=O) groups excluding carboxylic acids is 1. The summed E-state index contributed by atoms with van der Waals surface area (Å²) >= 11 is 0. The van der Waals surface area contributed by atoms with Crippen LogP contribution >= 0.6 is 0 Å². The Hall–Kier alpha value is -2.84. The highest BCUT2D eigenvalue weighted by Crippen LogP contribution is 2.23. The number of benzene rings is 1. The van der Waals surface area contributed by atoms with Crippen molar-refractivity contribution in [3.8, 4) is 0 Å². The van der Waals surface area contributed by atoms with Crippen molar-refractivity contribution in [3.05, 3.63) is 39.7 Å². The number of aryl methyl sites for hydroxylation is 1. The van der Waals surface area contributed by atoms with E-state index in [0.717, 1.165) is 0 Å². The summed E-state index contributed by atoms with van der Waals surface area (Å²) < 4.78 is 0. The van der Waals surface area contributed by atoms with E-state index in [1.54, 1.807) is 12.1 Å². The van der Waals surface area contributed by atoms with Crippen molar-refractivity contribution in [1.82, 2.24) is 20.6 Å². The fourth-order valence-electron chi connectivity index (χ4n) is 1.56. The molecule has 1 aromatic carbocycles. The zero-order chi connectivity index (χ0) is 13.8. The van der Waals surface area contributed by atoms with E-state index in [1.807, 2.05) is 6.92 Å². The molecule has 19 heavy (non-hydrogen) atoms. The van der Waals surface area contributed by atoms with E-state index < -0.39 is 10.8 Å². The molecule has 0 aliphatic heterocycles. The van der Waals surface area contributed by atoms with Gasteiger partial charge in [0.1, 0.15) is 0 Å². The topological polar surface area (TPSA) is 127 Å². The second kappa shape index (κ2) is 5.21. The van der Waals surface area contributed by atoms with Gasteiger partial charge in [-0.2, -0.15) is 5.21 Å². The molecule has 0 saturated carbocycles. The first-order chi connectivity index (χ1) is 9.11. The van der Waals surface area contributed by atoms with Crippen molar-refractivity contribution >= 4 is 17.3 Å². The fraction of sp³-hybridized carbons (Fsp3) is 0.200. The average Bonchev–Trinajstić information content (AvgIpc) is 2.92. The van der Waals surface area contributed by atoms with Gasteiger partial charge in [0, 0.05) is 17.3 Å². The van der Waals surface area contributed by atoms with Gasteiger partial charge in [-0.25, -0.2) is 0 Å². The van der Waals surface area contributed by atoms with E-state index in [4.69, 9.17) is 0 Å². The summed E-state index contributed by atoms with van der Waals surface area (Å²) in [4.78, 5) is 22.1. The Labute approximate surface area is 107 Å². The van der Waals surface area contributed by atoms with Gasteiger partial charge in [-0.15, -0.1) is 10.2 Å². The summed E-state index contributed by atoms with van der Waals surface area (Å²) in [5.41, 5.74) is 0.870. The van der Waals surface area contributed by atoms with Crippen LogP contribution in [0.1, 0.15) is 23.1 Å². The van der Waals surface area contributed by atoms with Crippen molar-refractivity contribution in [2.75, 3.05) is 5.32 Å². The van der Waals surface area contributed by atoms with Gasteiger partial charge in [0.2, 0.25) is 0 Å². The molecule has 1 amide bonds. The van der Waals surface area contributed by atoms with Crippen LogP contribution in [0.3, 0.4) is 0 Å². The number of rotatable bonds is 4. The van der Waals surface area contributed by atoms with Crippen LogP contribution in [-0.2, 0) is 6.42 Å². The van der Waals surface area contributed by atoms with Crippen LogP contribution in [-0.4, -0.2) is 31.5 Å². The van der Waals surface area contributed by atoms with Crippen molar-refractivity contribution in [1.29, 1.82) is 0 Å². The van der Waals surface area contributed by atoms with E-state index in [9.17, 15) is 14.9 Å². The van der Waals surface area contributed by atoms with Crippen molar-refractivity contribution in [2.24, 2.45) is 0 Å². The van der Waals surface area contributed by atoms with Crippen LogP contribution in [0.25, 0.3) is 0 Å². The molecule has 0 aliphatic rings. The predicted molar refractivity (Wildman–Crippen MR) is 64.6 cm³/mol. The minimum atomic E-state index is -0.590. The van der Waals surface area contributed by atoms with Crippen molar-refractivity contribution in [2.45, 2.75) is 13.3 Å². The predicted octanol–water partition coefficient (Wildman–Crippen LogP) is 0.923. The first-order valence-corrected chi connectivity index (χ1v) is 5.44. The number of H-pyrrole nitrogens is 1. The van der Waals surface area contributed by atoms with Crippen LogP contribution in [0.5, 0.6) is 0 Å². The number of aromatic nitrogens is 4. The fourth-order valence-corrected chi connectivity index (χ4v) is 1.56. The molecule has 0 aliphatic carbocycles. The molecule has 0 bridgehead atoms. The highest BCUT2D eigenvalue weighted by Gasteiger charge is 2.16. The van der Waals surface area contributed by atoms with Gasteiger partial charge < -0.3 is 5.32 Å². The van der Waals surface area contributed by atoms with Gasteiger partial charge in [0.05, 0.1) is 4.92 Å². The number of amides is 1. The van der Waals surface area contributed by atoms with E-state index in [1.165, 1.54) is 6.07 Å². The zero-order valence-corrected chi connectivity index (χ0v) is 9.95. The number of nitro groups is 1. The van der Waals surface area contributed by atoms with Crippen molar-refractivity contribution in [3.63, 3.8) is 0 Å². The molecule has 9 nitrogen and oxygen atoms in total. The van der Waals surface area contributed by atoms with Gasteiger partial charge in [-0.05, 0) is 17.7 Å². The molecule has 0 spiro atoms. The number of aromatic amines is 1. The summed E-state index contributed by atoms with van der Waals surface area (Å²) in [7, 11) is 0. The Balaban J connectivity index is 2.24. The molecule has 0 fully saturated rings. The lowest BCUT2D eigenvalue weighted by atomic mass is 10.1. The van der Waals surface area contributed by atoms with Crippen LogP contribution in [0.4, 0.5) is 11.4 Å². The number of tetrazole rings is 1. The van der Waals surface area contributed by atoms with E-state index >= 15 is 0 Å². The molecule has 2 rings (SSSR count). The third-order valence-electron chi connectivity index (χ3n) is 2.47. The zero-order valence-electron chi connectivity index (χ0n) is 9.95. The second-order valence-corrected chi connectivity index (χ2v) is 3.64. The SMILES string of the molecule is CCc1ccc(NC(=O)c2nn[nH]n2)cc1[N+](=O)[O-]. The largest absolute Gasteiger partial charge is 0.319 e. The minimum absolute atomic E-state index is 0.0339. The molecular formula is C10H10N6O3. The lowest BCUT2D eigenvalue weighted by Gasteiger charge is -2.04. The van der Waals surface area contributed by atoms with Crippen LogP contribution in [0.15, 0.2) is 18.2 Å². The molecule has 98 valence electrons. The highest BCUT2D eigenvalue weighted by atomic mass is 16.6. The number of nitrogens with zero attached hydrogens (tertiary/aromatic N) is 4. The number of nitrogens with one attached hydrogen (secondary N) is 2. The van der Waals surface area contributed by atoms with Gasteiger partial charge in [0.15, 0.2) is 0 Å². The summed E-state index contributed by atoms with van der Waals surface area (Å²) in [6, 6.07) is 4.49. The van der Waals surface area contributed by atoms with Crippen LogP contribution in [0, 0.1) is 10.1 Å². The maximum atomic E-state index is 11.6. The van der Waals surface area contributed by atoms with E-state index in [2.05, 4.69) is 25.9 Å². The monoisotopic (exact) mass is 262 g/mol. The third kappa shape index (κ3) is 2.70. The number of carbonyl (C=O) groups is 1. The average molecular weight is 262 g/mol. The Morgan fingerprint density at radius 1 is 1.53 bits per heavy atom. The maximum Gasteiger partial charge on any atom is 0.297 e. The lowest BCUT2D eigenvalue weighted by Crippen LogP contribution is -2.14. The van der Waals surface area contributed by atoms with Crippen LogP contribution < -0.4 is 5.32 Å². The normalized spacial score (nSPS) is 10.2. The molecule has 2 N–H and O–H groups in total. The van der Waals surface area contributed by atoms with Gasteiger partial charge in [-0.1, -0.05) is 13.0 Å². The highest BCUT2D eigenvalue weighted by molar-refractivity contribution is 6.01. The molecule has 1 aromatic heterocycles. The summed E-state index contributed by atoms with van der Waals surface area (Å²) in [6.45, 7) is 1.82. The number of hydrogen-bond acceptors (Lipinski definition) is 6. The smallest absolute Gasteiger partial charge is 0.297 e. The maximum absolute atomic E-state index is 11.6. The van der Waals surface area contributed by atoms with E-state index in [0.29, 0.717) is 17.7 Å². The molecule has 0 unspecified atom stereocenters. The standard InChI is InChI=1S/C10H10N6O3/c1-2-6-3-4-7(5-8(6)16(18)19)11-10(17)9-12-14-15-13-9/h3-5H,2H2,1H3,(H,11,17)(H,12,13,14,15). The summed E-state index contributed by atoms with van der Waals surface area (Å²) in [5, 5.41) is 25.8. The van der Waals surface area contributed by atoms with Crippen molar-refractivity contribution < 1.29 is 9.72 Å². The first kappa shape index (κ1) is 12.6. The minimum Gasteiger partial charge on any atom is -0.319 e. The van der Waals surface area contributed by atoms with Gasteiger partial charge >= 0.3 is 0 Å². The van der Waals surface area contributed by atoms with E-state index in [-0.39, 0.29) is 11.5 Å². The summed E-state index contributed by atoms with van der Waals surface area (Å²) in [6.07, 6.45) is 0.537. The molecule has 0 saturated heterocycles. The summed E-state index contributed by atoms with van der Waals surface area (Å²) in [5.74, 6) is -0.727. The Kier molecular flexibility index (Phi) is 3.46. The first-order valence-electron chi connectivity index (χ1n) is 5.44. The van der Waals surface area contributed by atoms with Gasteiger partial charge in [-0.3, -0.25) is 14.9 Å². The Bertz CT molecular complexity index is 610.